The Hall–Kier alpha value is -1.64. The molecule has 130 valence electrons. The van der Waals surface area contributed by atoms with Gasteiger partial charge in [0.2, 0.25) is 0 Å². The third-order valence-corrected chi connectivity index (χ3v) is 4.02. The number of nitrogens with zero attached hydrogens (tertiary/aromatic N) is 5. The average Bonchev–Trinajstić information content (AvgIpc) is 2.99. The van der Waals surface area contributed by atoms with E-state index in [4.69, 9.17) is 0 Å². The highest BCUT2D eigenvalue weighted by Gasteiger charge is 2.15. The van der Waals surface area contributed by atoms with E-state index in [0.29, 0.717) is 13.1 Å². The van der Waals surface area contributed by atoms with Gasteiger partial charge in [0.15, 0.2) is 11.8 Å². The van der Waals surface area contributed by atoms with Crippen LogP contribution in [0.4, 0.5) is 0 Å². The number of nitrogens with one attached hydrogen (secondary N) is 1. The maximum atomic E-state index is 4.68. The first kappa shape index (κ1) is 18.7. The highest BCUT2D eigenvalue weighted by molar-refractivity contribution is 14.0. The number of aromatic nitrogens is 3. The van der Waals surface area contributed by atoms with Gasteiger partial charge in [0, 0.05) is 27.1 Å². The lowest BCUT2D eigenvalue weighted by Gasteiger charge is -2.19. The van der Waals surface area contributed by atoms with Crippen LogP contribution in [-0.2, 0) is 26.1 Å². The standard InChI is InChI=1S/C17H24N6.HI/c1-22(2)17(18-12-14-8-4-3-5-9-14)19-13-16-21-20-15-10-6-7-11-23(15)16;/h3-5,8-9H,6-7,10-13H2,1-2H3,(H,18,19);1H. The van der Waals surface area contributed by atoms with Gasteiger partial charge in [-0.05, 0) is 18.4 Å². The Labute approximate surface area is 160 Å². The maximum Gasteiger partial charge on any atom is 0.194 e. The van der Waals surface area contributed by atoms with Gasteiger partial charge in [-0.1, -0.05) is 30.3 Å². The summed E-state index contributed by atoms with van der Waals surface area (Å²) in [5, 5.41) is 12.0. The minimum Gasteiger partial charge on any atom is -0.349 e. The molecule has 1 aliphatic rings. The molecule has 0 radical (unpaired) electrons. The van der Waals surface area contributed by atoms with E-state index in [1.165, 1.54) is 18.4 Å². The van der Waals surface area contributed by atoms with Crippen LogP contribution in [0.5, 0.6) is 0 Å². The lowest BCUT2D eigenvalue weighted by molar-refractivity contribution is 0.500. The molecule has 1 N–H and O–H groups in total. The summed E-state index contributed by atoms with van der Waals surface area (Å²) in [6.07, 6.45) is 3.46. The molecule has 0 aliphatic carbocycles. The van der Waals surface area contributed by atoms with E-state index in [9.17, 15) is 0 Å². The van der Waals surface area contributed by atoms with Gasteiger partial charge in [0.05, 0.1) is 13.1 Å². The van der Waals surface area contributed by atoms with Crippen LogP contribution >= 0.6 is 24.0 Å². The third-order valence-electron chi connectivity index (χ3n) is 4.02. The van der Waals surface area contributed by atoms with Crippen molar-refractivity contribution in [2.45, 2.75) is 38.9 Å². The number of halogens is 1. The Morgan fingerprint density at radius 2 is 2.00 bits per heavy atom. The summed E-state index contributed by atoms with van der Waals surface area (Å²) in [5.41, 5.74) is 1.20. The van der Waals surface area contributed by atoms with Crippen LogP contribution in [0.2, 0.25) is 0 Å². The molecule has 0 atom stereocenters. The van der Waals surface area contributed by atoms with Gasteiger partial charge in [0.25, 0.3) is 0 Å². The van der Waals surface area contributed by atoms with Crippen molar-refractivity contribution in [3.8, 4) is 0 Å². The molecule has 3 rings (SSSR count). The van der Waals surface area contributed by atoms with E-state index in [1.54, 1.807) is 0 Å². The largest absolute Gasteiger partial charge is 0.349 e. The number of fused-ring (bicyclic) bond motifs is 1. The lowest BCUT2D eigenvalue weighted by atomic mass is 10.2. The van der Waals surface area contributed by atoms with Crippen LogP contribution in [0.1, 0.15) is 30.1 Å². The fraction of sp³-hybridized carbons (Fsp3) is 0.471. The molecule has 0 bridgehead atoms. The number of benzene rings is 1. The van der Waals surface area contributed by atoms with Gasteiger partial charge in [-0.25, -0.2) is 4.99 Å². The van der Waals surface area contributed by atoms with Crippen molar-refractivity contribution in [1.29, 1.82) is 0 Å². The first-order valence-corrected chi connectivity index (χ1v) is 8.14. The topological polar surface area (TPSA) is 58.3 Å². The molecule has 0 saturated heterocycles. The van der Waals surface area contributed by atoms with Crippen molar-refractivity contribution >= 4 is 29.9 Å². The second kappa shape index (κ2) is 9.00. The van der Waals surface area contributed by atoms with Gasteiger partial charge in [0.1, 0.15) is 5.82 Å². The van der Waals surface area contributed by atoms with Crippen LogP contribution in [0.15, 0.2) is 35.3 Å². The second-order valence-electron chi connectivity index (χ2n) is 6.01. The molecule has 1 aromatic heterocycles. The lowest BCUT2D eigenvalue weighted by Crippen LogP contribution is -2.36. The molecule has 0 amide bonds. The fourth-order valence-corrected chi connectivity index (χ4v) is 2.76. The number of rotatable bonds is 4. The Morgan fingerprint density at radius 3 is 2.75 bits per heavy atom. The number of hydrogen-bond acceptors (Lipinski definition) is 3. The molecule has 1 aromatic carbocycles. The van der Waals surface area contributed by atoms with Crippen molar-refractivity contribution in [1.82, 2.24) is 25.0 Å². The molecular formula is C17H25IN6. The van der Waals surface area contributed by atoms with Gasteiger partial charge in [-0.2, -0.15) is 0 Å². The molecule has 24 heavy (non-hydrogen) atoms. The molecule has 2 heterocycles. The van der Waals surface area contributed by atoms with Gasteiger partial charge in [-0.3, -0.25) is 0 Å². The zero-order chi connectivity index (χ0) is 16.1. The molecule has 1 aliphatic heterocycles. The minimum atomic E-state index is 0. The zero-order valence-corrected chi connectivity index (χ0v) is 16.6. The van der Waals surface area contributed by atoms with Crippen LogP contribution in [0.25, 0.3) is 0 Å². The SMILES string of the molecule is CN(C)C(=NCc1ccccc1)NCc1nnc2n1CCCC2.I. The Balaban J connectivity index is 0.00000208. The Bertz CT molecular complexity index is 665. The predicted octanol–water partition coefficient (Wildman–Crippen LogP) is 2.44. The zero-order valence-electron chi connectivity index (χ0n) is 14.3. The second-order valence-corrected chi connectivity index (χ2v) is 6.01. The number of aliphatic imine (C=N–C) groups is 1. The monoisotopic (exact) mass is 440 g/mol. The number of aryl methyl sites for hydroxylation is 1. The van der Waals surface area contributed by atoms with Gasteiger partial charge in [-0.15, -0.1) is 34.2 Å². The van der Waals surface area contributed by atoms with E-state index < -0.39 is 0 Å². The molecule has 0 spiro atoms. The Kier molecular flexibility index (Phi) is 7.01. The van der Waals surface area contributed by atoms with Crippen molar-refractivity contribution in [3.63, 3.8) is 0 Å². The summed E-state index contributed by atoms with van der Waals surface area (Å²) in [6, 6.07) is 10.3. The average molecular weight is 440 g/mol. The third kappa shape index (κ3) is 4.68. The molecule has 0 unspecified atom stereocenters. The molecule has 7 heteroatoms. The molecule has 6 nitrogen and oxygen atoms in total. The van der Waals surface area contributed by atoms with Crippen molar-refractivity contribution in [2.75, 3.05) is 14.1 Å². The summed E-state index contributed by atoms with van der Waals surface area (Å²) < 4.78 is 2.24. The summed E-state index contributed by atoms with van der Waals surface area (Å²) >= 11 is 0. The maximum absolute atomic E-state index is 4.68. The normalized spacial score (nSPS) is 13.8. The molecule has 0 fully saturated rings. The number of hydrogen-bond donors (Lipinski definition) is 1. The summed E-state index contributed by atoms with van der Waals surface area (Å²) in [4.78, 5) is 6.68. The molecule has 2 aromatic rings. The fourth-order valence-electron chi connectivity index (χ4n) is 2.76. The van der Waals surface area contributed by atoms with E-state index in [2.05, 4.69) is 37.2 Å². The van der Waals surface area contributed by atoms with Crippen molar-refractivity contribution < 1.29 is 0 Å². The quantitative estimate of drug-likeness (QED) is 0.451. The van der Waals surface area contributed by atoms with Gasteiger partial charge < -0.3 is 14.8 Å². The van der Waals surface area contributed by atoms with E-state index >= 15 is 0 Å². The van der Waals surface area contributed by atoms with Crippen LogP contribution < -0.4 is 5.32 Å². The smallest absolute Gasteiger partial charge is 0.194 e. The summed E-state index contributed by atoms with van der Waals surface area (Å²) in [7, 11) is 3.99. The molecular weight excluding hydrogens is 415 g/mol. The van der Waals surface area contributed by atoms with Crippen LogP contribution in [-0.4, -0.2) is 39.7 Å². The minimum absolute atomic E-state index is 0. The van der Waals surface area contributed by atoms with E-state index in [0.717, 1.165) is 30.6 Å². The molecule has 0 saturated carbocycles. The highest BCUT2D eigenvalue weighted by atomic mass is 127. The van der Waals surface area contributed by atoms with Crippen molar-refractivity contribution in [3.05, 3.63) is 47.5 Å². The number of guanidine groups is 1. The van der Waals surface area contributed by atoms with E-state index in [1.807, 2.05) is 37.2 Å². The Morgan fingerprint density at radius 1 is 1.21 bits per heavy atom. The summed E-state index contributed by atoms with van der Waals surface area (Å²) in [6.45, 7) is 2.34. The van der Waals surface area contributed by atoms with Crippen molar-refractivity contribution in [2.24, 2.45) is 4.99 Å². The van der Waals surface area contributed by atoms with Crippen LogP contribution in [0, 0.1) is 0 Å². The van der Waals surface area contributed by atoms with Crippen LogP contribution in [0.3, 0.4) is 0 Å². The van der Waals surface area contributed by atoms with Gasteiger partial charge >= 0.3 is 0 Å². The highest BCUT2D eigenvalue weighted by Crippen LogP contribution is 2.14. The first-order valence-electron chi connectivity index (χ1n) is 8.14. The first-order chi connectivity index (χ1) is 11.2. The summed E-state index contributed by atoms with van der Waals surface area (Å²) in [5.74, 6) is 2.97. The predicted molar refractivity (Wildman–Crippen MR) is 106 cm³/mol. The van der Waals surface area contributed by atoms with E-state index in [-0.39, 0.29) is 24.0 Å².